The van der Waals surface area contributed by atoms with Gasteiger partial charge in [0.05, 0.1) is 11.8 Å². The first kappa shape index (κ1) is 15.4. The molecule has 0 aromatic carbocycles. The molecule has 1 saturated heterocycles. The zero-order chi connectivity index (χ0) is 14.6. The lowest BCUT2D eigenvalue weighted by atomic mass is 9.99. The van der Waals surface area contributed by atoms with E-state index in [4.69, 9.17) is 0 Å². The van der Waals surface area contributed by atoms with Crippen molar-refractivity contribution in [3.05, 3.63) is 16.6 Å². The van der Waals surface area contributed by atoms with Crippen molar-refractivity contribution in [1.82, 2.24) is 14.6 Å². The number of carbonyl (C=O) groups is 1. The van der Waals surface area contributed by atoms with Crippen molar-refractivity contribution in [2.45, 2.75) is 31.7 Å². The van der Waals surface area contributed by atoms with Crippen LogP contribution in [0.25, 0.3) is 0 Å². The van der Waals surface area contributed by atoms with Crippen LogP contribution in [0.5, 0.6) is 0 Å². The first-order valence-electron chi connectivity index (χ1n) is 6.61. The highest BCUT2D eigenvalue weighted by atomic mass is 32.2. The van der Waals surface area contributed by atoms with Gasteiger partial charge in [0.1, 0.15) is 5.69 Å². The summed E-state index contributed by atoms with van der Waals surface area (Å²) in [6.07, 6.45) is 4.77. The van der Waals surface area contributed by atoms with Gasteiger partial charge >= 0.3 is 0 Å². The summed E-state index contributed by atoms with van der Waals surface area (Å²) in [5.74, 6) is -0.0460. The topological polar surface area (TPSA) is 79.4 Å². The fraction of sp³-hybridized carbons (Fsp3) is 0.667. The summed E-state index contributed by atoms with van der Waals surface area (Å²) in [5.41, 5.74) is 2.13. The molecule has 2 rings (SSSR count). The van der Waals surface area contributed by atoms with Crippen LogP contribution in [0, 0.1) is 0 Å². The van der Waals surface area contributed by atoms with Gasteiger partial charge < -0.3 is 4.90 Å². The summed E-state index contributed by atoms with van der Waals surface area (Å²) in [4.78, 5) is 18.3. The molecule has 112 valence electrons. The van der Waals surface area contributed by atoms with Crippen LogP contribution in [-0.2, 0) is 10.0 Å². The summed E-state index contributed by atoms with van der Waals surface area (Å²) >= 11 is 1.40. The Kier molecular flexibility index (Phi) is 5.11. The third kappa shape index (κ3) is 4.26. The highest BCUT2D eigenvalue weighted by Gasteiger charge is 2.28. The number of likely N-dealkylation sites (tertiary alicyclic amines) is 1. The van der Waals surface area contributed by atoms with Crippen molar-refractivity contribution >= 4 is 27.3 Å². The maximum Gasteiger partial charge on any atom is 0.273 e. The minimum absolute atomic E-state index is 0.0460. The molecule has 1 amide bonds. The van der Waals surface area contributed by atoms with Crippen LogP contribution < -0.4 is 4.72 Å². The standard InChI is InChI=1S/C12H19N3O3S2/c1-20(17,18)14-6-5-10-4-2-3-7-15(10)12(16)11-8-19-9-13-11/h8-10,14H,2-7H2,1H3. The molecule has 1 aromatic heterocycles. The van der Waals surface area contributed by atoms with E-state index in [1.54, 1.807) is 10.9 Å². The first-order valence-corrected chi connectivity index (χ1v) is 9.44. The Hall–Kier alpha value is -0.990. The molecule has 1 unspecified atom stereocenters. The quantitative estimate of drug-likeness (QED) is 0.881. The second kappa shape index (κ2) is 6.64. The number of aromatic nitrogens is 1. The minimum Gasteiger partial charge on any atom is -0.334 e. The Bertz CT molecular complexity index is 542. The Labute approximate surface area is 123 Å². The van der Waals surface area contributed by atoms with Crippen LogP contribution in [0.1, 0.15) is 36.2 Å². The van der Waals surface area contributed by atoms with Gasteiger partial charge in [-0.2, -0.15) is 0 Å². The van der Waals surface area contributed by atoms with Crippen LogP contribution in [0.4, 0.5) is 0 Å². The second-order valence-corrected chi connectivity index (χ2v) is 7.53. The number of hydrogen-bond donors (Lipinski definition) is 1. The Morgan fingerprint density at radius 3 is 3.00 bits per heavy atom. The Morgan fingerprint density at radius 2 is 2.35 bits per heavy atom. The minimum atomic E-state index is -3.17. The first-order chi connectivity index (χ1) is 9.47. The van der Waals surface area contributed by atoms with Gasteiger partial charge in [-0.25, -0.2) is 18.1 Å². The SMILES string of the molecule is CS(=O)(=O)NCCC1CCCCN1C(=O)c1cscn1. The summed E-state index contributed by atoms with van der Waals surface area (Å²) < 4.78 is 24.6. The number of piperidine rings is 1. The molecule has 0 saturated carbocycles. The highest BCUT2D eigenvalue weighted by Crippen LogP contribution is 2.21. The fourth-order valence-corrected chi connectivity index (χ4v) is 3.46. The molecule has 1 aromatic rings. The van der Waals surface area contributed by atoms with Crippen molar-refractivity contribution in [2.24, 2.45) is 0 Å². The molecule has 1 aliphatic rings. The van der Waals surface area contributed by atoms with Crippen LogP contribution in [0.15, 0.2) is 10.9 Å². The summed E-state index contributed by atoms with van der Waals surface area (Å²) in [5, 5.41) is 1.75. The van der Waals surface area contributed by atoms with Crippen molar-refractivity contribution in [3.8, 4) is 0 Å². The van der Waals surface area contributed by atoms with Crippen LogP contribution >= 0.6 is 11.3 Å². The third-order valence-corrected chi connectivity index (χ3v) is 4.70. The number of rotatable bonds is 5. The van der Waals surface area contributed by atoms with Crippen LogP contribution in [0.2, 0.25) is 0 Å². The van der Waals surface area contributed by atoms with Gasteiger partial charge in [0, 0.05) is 24.5 Å². The van der Waals surface area contributed by atoms with Crippen LogP contribution in [0.3, 0.4) is 0 Å². The molecular weight excluding hydrogens is 298 g/mol. The predicted octanol–water partition coefficient (Wildman–Crippen LogP) is 1.08. The number of thiazole rings is 1. The Morgan fingerprint density at radius 1 is 1.55 bits per heavy atom. The van der Waals surface area contributed by atoms with E-state index in [0.29, 0.717) is 18.7 Å². The van der Waals surface area contributed by atoms with E-state index in [9.17, 15) is 13.2 Å². The largest absolute Gasteiger partial charge is 0.334 e. The lowest BCUT2D eigenvalue weighted by Crippen LogP contribution is -2.45. The number of nitrogens with zero attached hydrogens (tertiary/aromatic N) is 2. The second-order valence-electron chi connectivity index (χ2n) is 4.98. The maximum absolute atomic E-state index is 12.4. The van der Waals surface area contributed by atoms with Gasteiger partial charge in [0.15, 0.2) is 0 Å². The van der Waals surface area contributed by atoms with E-state index in [1.165, 1.54) is 11.3 Å². The molecule has 0 radical (unpaired) electrons. The molecular formula is C12H19N3O3S2. The van der Waals surface area contributed by atoms with Gasteiger partial charge in [0.25, 0.3) is 5.91 Å². The number of sulfonamides is 1. The molecule has 8 heteroatoms. The van der Waals surface area contributed by atoms with E-state index in [2.05, 4.69) is 9.71 Å². The van der Waals surface area contributed by atoms with Crippen molar-refractivity contribution in [3.63, 3.8) is 0 Å². The summed E-state index contributed by atoms with van der Waals surface area (Å²) in [6, 6.07) is 0.0900. The number of hydrogen-bond acceptors (Lipinski definition) is 5. The van der Waals surface area contributed by atoms with Gasteiger partial charge in [0.2, 0.25) is 10.0 Å². The lowest BCUT2D eigenvalue weighted by molar-refractivity contribution is 0.0598. The zero-order valence-electron chi connectivity index (χ0n) is 11.4. The molecule has 0 aliphatic carbocycles. The smallest absolute Gasteiger partial charge is 0.273 e. The number of carbonyl (C=O) groups excluding carboxylic acids is 1. The van der Waals surface area contributed by atoms with Crippen molar-refractivity contribution in [1.29, 1.82) is 0 Å². The Balaban J connectivity index is 1.96. The molecule has 1 N–H and O–H groups in total. The molecule has 6 nitrogen and oxygen atoms in total. The maximum atomic E-state index is 12.4. The van der Waals surface area contributed by atoms with E-state index in [1.807, 2.05) is 4.90 Å². The highest BCUT2D eigenvalue weighted by molar-refractivity contribution is 7.88. The van der Waals surface area contributed by atoms with E-state index in [-0.39, 0.29) is 11.9 Å². The average Bonchev–Trinajstić information content (AvgIpc) is 2.91. The van der Waals surface area contributed by atoms with Gasteiger partial charge in [-0.05, 0) is 25.7 Å². The summed E-state index contributed by atoms with van der Waals surface area (Å²) in [7, 11) is -3.17. The lowest BCUT2D eigenvalue weighted by Gasteiger charge is -2.35. The number of amides is 1. The molecule has 1 aliphatic heterocycles. The molecule has 1 fully saturated rings. The average molecular weight is 317 g/mol. The molecule has 1 atom stereocenters. The van der Waals surface area contributed by atoms with Crippen molar-refractivity contribution in [2.75, 3.05) is 19.3 Å². The predicted molar refractivity (Wildman–Crippen MR) is 78.3 cm³/mol. The molecule has 2 heterocycles. The molecule has 0 spiro atoms. The van der Waals surface area contributed by atoms with Gasteiger partial charge in [-0.1, -0.05) is 0 Å². The number of nitrogens with one attached hydrogen (secondary N) is 1. The monoisotopic (exact) mass is 317 g/mol. The third-order valence-electron chi connectivity index (χ3n) is 3.38. The van der Waals surface area contributed by atoms with Gasteiger partial charge in [-0.15, -0.1) is 11.3 Å². The molecule has 20 heavy (non-hydrogen) atoms. The van der Waals surface area contributed by atoms with E-state index in [0.717, 1.165) is 32.1 Å². The van der Waals surface area contributed by atoms with E-state index >= 15 is 0 Å². The van der Waals surface area contributed by atoms with Crippen LogP contribution in [-0.4, -0.2) is 49.6 Å². The van der Waals surface area contributed by atoms with Gasteiger partial charge in [-0.3, -0.25) is 4.79 Å². The van der Waals surface area contributed by atoms with Crippen molar-refractivity contribution < 1.29 is 13.2 Å². The summed E-state index contributed by atoms with van der Waals surface area (Å²) in [6.45, 7) is 1.09. The van der Waals surface area contributed by atoms with E-state index < -0.39 is 10.0 Å². The zero-order valence-corrected chi connectivity index (χ0v) is 13.0. The molecule has 0 bridgehead atoms. The normalized spacial score (nSPS) is 20.1. The fourth-order valence-electron chi connectivity index (χ4n) is 2.44.